The summed E-state index contributed by atoms with van der Waals surface area (Å²) in [6.07, 6.45) is 1.58. The Balaban J connectivity index is 2.41. The molecular formula is C12H13F2N3S. The van der Waals surface area contributed by atoms with E-state index < -0.39 is 17.7 Å². The molecule has 0 amide bonds. The van der Waals surface area contributed by atoms with Crippen LogP contribution in [0.3, 0.4) is 0 Å². The summed E-state index contributed by atoms with van der Waals surface area (Å²) in [5.41, 5.74) is 6.54. The van der Waals surface area contributed by atoms with Gasteiger partial charge >= 0.3 is 0 Å². The van der Waals surface area contributed by atoms with Crippen molar-refractivity contribution in [2.75, 3.05) is 0 Å². The van der Waals surface area contributed by atoms with Crippen LogP contribution in [-0.4, -0.2) is 9.59 Å². The van der Waals surface area contributed by atoms with Crippen LogP contribution in [0.15, 0.2) is 18.2 Å². The van der Waals surface area contributed by atoms with E-state index in [-0.39, 0.29) is 5.56 Å². The molecule has 0 radical (unpaired) electrons. The van der Waals surface area contributed by atoms with E-state index in [1.54, 1.807) is 0 Å². The topological polar surface area (TPSA) is 51.8 Å². The normalized spacial score (nSPS) is 12.7. The minimum Gasteiger partial charge on any atom is -0.319 e. The number of halogens is 2. The molecule has 2 N–H and O–H groups in total. The monoisotopic (exact) mass is 269 g/mol. The summed E-state index contributed by atoms with van der Waals surface area (Å²) in [6, 6.07) is 2.87. The lowest BCUT2D eigenvalue weighted by atomic mass is 10.0. The van der Waals surface area contributed by atoms with Crippen LogP contribution in [0, 0.1) is 11.6 Å². The van der Waals surface area contributed by atoms with Gasteiger partial charge in [0.05, 0.1) is 16.6 Å². The van der Waals surface area contributed by atoms with Crippen LogP contribution in [-0.2, 0) is 6.42 Å². The molecule has 0 aliphatic rings. The third kappa shape index (κ3) is 2.39. The summed E-state index contributed by atoms with van der Waals surface area (Å²) >= 11 is 1.09. The minimum atomic E-state index is -0.854. The van der Waals surface area contributed by atoms with Gasteiger partial charge in [-0.05, 0) is 30.1 Å². The smallest absolute Gasteiger partial charge is 0.131 e. The molecule has 1 unspecified atom stereocenters. The van der Waals surface area contributed by atoms with E-state index in [0.717, 1.165) is 23.6 Å². The van der Waals surface area contributed by atoms with Crippen molar-refractivity contribution in [3.05, 3.63) is 46.0 Å². The van der Waals surface area contributed by atoms with Crippen LogP contribution in [0.5, 0.6) is 0 Å². The number of aromatic nitrogens is 2. The zero-order chi connectivity index (χ0) is 13.1. The molecule has 2 aromatic rings. The van der Waals surface area contributed by atoms with Crippen molar-refractivity contribution < 1.29 is 8.78 Å². The van der Waals surface area contributed by atoms with Gasteiger partial charge in [-0.15, -0.1) is 5.10 Å². The van der Waals surface area contributed by atoms with Gasteiger partial charge in [-0.25, -0.2) is 8.78 Å². The molecule has 1 aromatic heterocycles. The molecule has 0 fully saturated rings. The van der Waals surface area contributed by atoms with Crippen LogP contribution >= 0.6 is 11.5 Å². The van der Waals surface area contributed by atoms with Gasteiger partial charge in [0.1, 0.15) is 11.6 Å². The molecule has 0 saturated carbocycles. The van der Waals surface area contributed by atoms with Crippen LogP contribution in [0.4, 0.5) is 8.78 Å². The Bertz CT molecular complexity index is 522. The Hall–Kier alpha value is -1.40. The van der Waals surface area contributed by atoms with E-state index in [0.29, 0.717) is 11.3 Å². The van der Waals surface area contributed by atoms with Crippen molar-refractivity contribution >= 4 is 11.5 Å². The highest BCUT2D eigenvalue weighted by Gasteiger charge is 2.22. The zero-order valence-electron chi connectivity index (χ0n) is 9.86. The zero-order valence-corrected chi connectivity index (χ0v) is 10.7. The standard InChI is InChI=1S/C12H13F2N3S/c1-2-4-9-12(18-17-16-9)11(15)10-7(13)5-3-6-8(10)14/h3,5-6,11H,2,4,15H2,1H3. The van der Waals surface area contributed by atoms with Crippen molar-refractivity contribution in [2.45, 2.75) is 25.8 Å². The number of rotatable bonds is 4. The van der Waals surface area contributed by atoms with Crippen LogP contribution in [0.1, 0.15) is 35.5 Å². The predicted molar refractivity (Wildman–Crippen MR) is 66.3 cm³/mol. The fraction of sp³-hybridized carbons (Fsp3) is 0.333. The Morgan fingerprint density at radius 2 is 2.00 bits per heavy atom. The number of aryl methyl sites for hydroxylation is 1. The van der Waals surface area contributed by atoms with Gasteiger partial charge in [-0.1, -0.05) is 23.9 Å². The largest absolute Gasteiger partial charge is 0.319 e. The van der Waals surface area contributed by atoms with Crippen LogP contribution < -0.4 is 5.73 Å². The van der Waals surface area contributed by atoms with Crippen LogP contribution in [0.25, 0.3) is 0 Å². The summed E-state index contributed by atoms with van der Waals surface area (Å²) in [5, 5.41) is 3.96. The molecular weight excluding hydrogens is 256 g/mol. The maximum absolute atomic E-state index is 13.7. The summed E-state index contributed by atoms with van der Waals surface area (Å²) in [6.45, 7) is 2.00. The molecule has 3 nitrogen and oxygen atoms in total. The number of nitrogens with zero attached hydrogens (tertiary/aromatic N) is 2. The molecule has 0 aliphatic heterocycles. The SMILES string of the molecule is CCCc1nnsc1C(N)c1c(F)cccc1F. The lowest BCUT2D eigenvalue weighted by Gasteiger charge is -2.12. The predicted octanol–water partition coefficient (Wildman–Crippen LogP) is 2.82. The Morgan fingerprint density at radius 1 is 1.33 bits per heavy atom. The highest BCUT2D eigenvalue weighted by molar-refractivity contribution is 7.05. The van der Waals surface area contributed by atoms with Crippen molar-refractivity contribution in [1.29, 1.82) is 0 Å². The second-order valence-electron chi connectivity index (χ2n) is 3.95. The lowest BCUT2D eigenvalue weighted by Crippen LogP contribution is -2.16. The molecule has 0 bridgehead atoms. The van der Waals surface area contributed by atoms with Gasteiger partial charge in [0.2, 0.25) is 0 Å². The molecule has 1 aromatic carbocycles. The van der Waals surface area contributed by atoms with Crippen molar-refractivity contribution in [3.63, 3.8) is 0 Å². The van der Waals surface area contributed by atoms with E-state index in [9.17, 15) is 8.78 Å². The molecule has 0 saturated heterocycles. The fourth-order valence-electron chi connectivity index (χ4n) is 1.80. The molecule has 96 valence electrons. The molecule has 0 aliphatic carbocycles. The molecule has 1 atom stereocenters. The van der Waals surface area contributed by atoms with E-state index >= 15 is 0 Å². The first-order chi connectivity index (χ1) is 8.65. The van der Waals surface area contributed by atoms with Gasteiger partial charge in [0.25, 0.3) is 0 Å². The Kier molecular flexibility index (Phi) is 3.98. The second-order valence-corrected chi connectivity index (χ2v) is 4.73. The molecule has 1 heterocycles. The molecule has 2 rings (SSSR count). The highest BCUT2D eigenvalue weighted by Crippen LogP contribution is 2.29. The average Bonchev–Trinajstić information content (AvgIpc) is 2.77. The highest BCUT2D eigenvalue weighted by atomic mass is 32.1. The summed E-state index contributed by atoms with van der Waals surface area (Å²) < 4.78 is 31.1. The summed E-state index contributed by atoms with van der Waals surface area (Å²) in [5.74, 6) is -1.28. The number of hydrogen-bond acceptors (Lipinski definition) is 4. The Labute approximate surface area is 108 Å². The third-order valence-corrected chi connectivity index (χ3v) is 3.51. The van der Waals surface area contributed by atoms with E-state index in [4.69, 9.17) is 5.73 Å². The quantitative estimate of drug-likeness (QED) is 0.928. The van der Waals surface area contributed by atoms with E-state index in [1.807, 2.05) is 6.92 Å². The first kappa shape index (κ1) is 13.0. The molecule has 18 heavy (non-hydrogen) atoms. The number of hydrogen-bond donors (Lipinski definition) is 1. The first-order valence-electron chi connectivity index (χ1n) is 5.65. The van der Waals surface area contributed by atoms with Crippen molar-refractivity contribution in [1.82, 2.24) is 9.59 Å². The van der Waals surface area contributed by atoms with Gasteiger partial charge in [0.15, 0.2) is 0 Å². The maximum atomic E-state index is 13.7. The Morgan fingerprint density at radius 3 is 2.61 bits per heavy atom. The van der Waals surface area contributed by atoms with Gasteiger partial charge in [0, 0.05) is 5.56 Å². The summed E-state index contributed by atoms with van der Waals surface area (Å²) in [7, 11) is 0. The summed E-state index contributed by atoms with van der Waals surface area (Å²) in [4.78, 5) is 0.626. The third-order valence-electron chi connectivity index (χ3n) is 2.67. The fourth-order valence-corrected chi connectivity index (χ4v) is 2.51. The van der Waals surface area contributed by atoms with Gasteiger partial charge in [-0.3, -0.25) is 0 Å². The maximum Gasteiger partial charge on any atom is 0.131 e. The number of benzene rings is 1. The van der Waals surface area contributed by atoms with Crippen molar-refractivity contribution in [3.8, 4) is 0 Å². The van der Waals surface area contributed by atoms with E-state index in [2.05, 4.69) is 9.59 Å². The van der Waals surface area contributed by atoms with Gasteiger partial charge < -0.3 is 5.73 Å². The second kappa shape index (κ2) is 5.49. The molecule has 6 heteroatoms. The average molecular weight is 269 g/mol. The van der Waals surface area contributed by atoms with Gasteiger partial charge in [-0.2, -0.15) is 0 Å². The lowest BCUT2D eigenvalue weighted by molar-refractivity contribution is 0.544. The van der Waals surface area contributed by atoms with E-state index in [1.165, 1.54) is 18.2 Å². The minimum absolute atomic E-state index is 0.124. The van der Waals surface area contributed by atoms with Crippen molar-refractivity contribution in [2.24, 2.45) is 5.73 Å². The number of nitrogens with two attached hydrogens (primary N) is 1. The first-order valence-corrected chi connectivity index (χ1v) is 6.43. The molecule has 0 spiro atoms. The van der Waals surface area contributed by atoms with Crippen LogP contribution in [0.2, 0.25) is 0 Å².